The van der Waals surface area contributed by atoms with Crippen LogP contribution in [0, 0.1) is 0 Å². The number of benzene rings is 2. The molecule has 23 heavy (non-hydrogen) atoms. The molecule has 2 aromatic carbocycles. The fourth-order valence-electron chi connectivity index (χ4n) is 2.92. The number of carbonyl (C=O) groups excluding carboxylic acids is 2. The first-order valence-electron chi connectivity index (χ1n) is 7.32. The molecule has 0 saturated heterocycles. The first kappa shape index (κ1) is 13.6. The fourth-order valence-corrected chi connectivity index (χ4v) is 2.92. The fraction of sp³-hybridized carbons (Fsp3) is 0.176. The van der Waals surface area contributed by atoms with Crippen LogP contribution in [-0.2, 0) is 10.5 Å². The Balaban J connectivity index is 1.75. The molecule has 6 heteroatoms. The predicted octanol–water partition coefficient (Wildman–Crippen LogP) is 2.05. The minimum atomic E-state index is -0.775. The zero-order valence-electron chi connectivity index (χ0n) is 12.5. The number of anilines is 2. The summed E-state index contributed by atoms with van der Waals surface area (Å²) in [5.41, 5.74) is 2.04. The number of hydrogen-bond donors (Lipinski definition) is 3. The van der Waals surface area contributed by atoms with Crippen molar-refractivity contribution in [1.82, 2.24) is 5.32 Å². The molecule has 2 aliphatic heterocycles. The zero-order valence-corrected chi connectivity index (χ0v) is 12.5. The van der Waals surface area contributed by atoms with Crippen molar-refractivity contribution in [1.29, 1.82) is 0 Å². The van der Waals surface area contributed by atoms with E-state index in [0.717, 1.165) is 11.3 Å². The normalized spacial score (nSPS) is 22.0. The molecule has 2 amide bonds. The molecule has 0 spiro atoms. The zero-order chi connectivity index (χ0) is 16.0. The van der Waals surface area contributed by atoms with Crippen LogP contribution in [-0.4, -0.2) is 18.4 Å². The molecule has 0 radical (unpaired) electrons. The van der Waals surface area contributed by atoms with Crippen molar-refractivity contribution in [2.24, 2.45) is 0 Å². The van der Waals surface area contributed by atoms with Gasteiger partial charge >= 0.3 is 0 Å². The molecule has 2 aliphatic rings. The summed E-state index contributed by atoms with van der Waals surface area (Å²) in [7, 11) is 0. The number of carbonyl (C=O) groups is 2. The van der Waals surface area contributed by atoms with E-state index < -0.39 is 5.66 Å². The lowest BCUT2D eigenvalue weighted by molar-refractivity contribution is -0.118. The summed E-state index contributed by atoms with van der Waals surface area (Å²) in [6.07, 6.45) is 0. The highest BCUT2D eigenvalue weighted by Crippen LogP contribution is 2.35. The van der Waals surface area contributed by atoms with Crippen LogP contribution >= 0.6 is 0 Å². The molecule has 0 fully saturated rings. The number of hydrogen-bond acceptors (Lipinski definition) is 4. The summed E-state index contributed by atoms with van der Waals surface area (Å²) < 4.78 is 5.37. The maximum absolute atomic E-state index is 12.4. The monoisotopic (exact) mass is 309 g/mol. The van der Waals surface area contributed by atoms with Gasteiger partial charge in [0.05, 0.1) is 11.3 Å². The van der Waals surface area contributed by atoms with Crippen molar-refractivity contribution in [3.05, 3.63) is 53.6 Å². The van der Waals surface area contributed by atoms with Gasteiger partial charge in [-0.05, 0) is 36.8 Å². The Morgan fingerprint density at radius 1 is 1.04 bits per heavy atom. The molecular formula is C17H15N3O3. The van der Waals surface area contributed by atoms with E-state index in [1.807, 2.05) is 37.3 Å². The SMILES string of the molecule is C[C@@]1(c2ccc3c(c2)NC(=O)CO3)NC(=O)c2ccccc2N1. The summed E-state index contributed by atoms with van der Waals surface area (Å²) >= 11 is 0. The quantitative estimate of drug-likeness (QED) is 0.753. The molecule has 0 unspecified atom stereocenters. The van der Waals surface area contributed by atoms with E-state index in [1.54, 1.807) is 12.1 Å². The number of para-hydroxylation sites is 1. The van der Waals surface area contributed by atoms with Crippen LogP contribution in [0.5, 0.6) is 5.75 Å². The van der Waals surface area contributed by atoms with Crippen molar-refractivity contribution in [2.75, 3.05) is 17.2 Å². The third-order valence-corrected chi connectivity index (χ3v) is 4.11. The summed E-state index contributed by atoms with van der Waals surface area (Å²) in [5.74, 6) is 0.296. The van der Waals surface area contributed by atoms with E-state index >= 15 is 0 Å². The molecule has 0 aliphatic carbocycles. The van der Waals surface area contributed by atoms with Crippen LogP contribution < -0.4 is 20.7 Å². The van der Waals surface area contributed by atoms with E-state index in [-0.39, 0.29) is 18.4 Å². The van der Waals surface area contributed by atoms with Crippen LogP contribution in [0.25, 0.3) is 0 Å². The van der Waals surface area contributed by atoms with E-state index in [9.17, 15) is 9.59 Å². The lowest BCUT2D eigenvalue weighted by atomic mass is 9.95. The predicted molar refractivity (Wildman–Crippen MR) is 85.4 cm³/mol. The van der Waals surface area contributed by atoms with Crippen molar-refractivity contribution < 1.29 is 14.3 Å². The Kier molecular flexibility index (Phi) is 2.81. The Morgan fingerprint density at radius 2 is 1.87 bits per heavy atom. The highest BCUT2D eigenvalue weighted by atomic mass is 16.5. The summed E-state index contributed by atoms with van der Waals surface area (Å²) in [5, 5.41) is 9.11. The summed E-state index contributed by atoms with van der Waals surface area (Å²) in [6, 6.07) is 12.8. The van der Waals surface area contributed by atoms with Crippen molar-refractivity contribution >= 4 is 23.2 Å². The molecule has 0 saturated carbocycles. The highest BCUT2D eigenvalue weighted by Gasteiger charge is 2.35. The second-order valence-corrected chi connectivity index (χ2v) is 5.80. The standard InChI is InChI=1S/C17H15N3O3/c1-17(19-12-5-3-2-4-11(12)16(22)20-17)10-6-7-14-13(8-10)18-15(21)9-23-14/h2-8,19H,9H2,1H3,(H,18,21)(H,20,22)/t17-/m0/s1. The third-order valence-electron chi connectivity index (χ3n) is 4.11. The molecule has 0 bridgehead atoms. The highest BCUT2D eigenvalue weighted by molar-refractivity contribution is 6.02. The first-order valence-corrected chi connectivity index (χ1v) is 7.32. The minimum Gasteiger partial charge on any atom is -0.482 e. The van der Waals surface area contributed by atoms with E-state index in [0.29, 0.717) is 17.0 Å². The van der Waals surface area contributed by atoms with Crippen LogP contribution in [0.1, 0.15) is 22.8 Å². The molecule has 116 valence electrons. The lowest BCUT2D eigenvalue weighted by Gasteiger charge is -2.38. The molecule has 2 heterocycles. The average Bonchev–Trinajstić information content (AvgIpc) is 2.54. The van der Waals surface area contributed by atoms with Crippen LogP contribution in [0.3, 0.4) is 0 Å². The summed E-state index contributed by atoms with van der Waals surface area (Å²) in [6.45, 7) is 1.90. The number of fused-ring (bicyclic) bond motifs is 2. The van der Waals surface area contributed by atoms with Crippen LogP contribution in [0.4, 0.5) is 11.4 Å². The molecule has 6 nitrogen and oxygen atoms in total. The van der Waals surface area contributed by atoms with E-state index in [4.69, 9.17) is 4.74 Å². The Hall–Kier alpha value is -3.02. The first-order chi connectivity index (χ1) is 11.0. The maximum Gasteiger partial charge on any atom is 0.262 e. The van der Waals surface area contributed by atoms with Crippen LogP contribution in [0.15, 0.2) is 42.5 Å². The van der Waals surface area contributed by atoms with Gasteiger partial charge in [0.2, 0.25) is 0 Å². The molecule has 1 atom stereocenters. The van der Waals surface area contributed by atoms with Gasteiger partial charge in [0.15, 0.2) is 6.61 Å². The number of rotatable bonds is 1. The molecular weight excluding hydrogens is 294 g/mol. The number of nitrogens with one attached hydrogen (secondary N) is 3. The van der Waals surface area contributed by atoms with Gasteiger partial charge in [0.25, 0.3) is 11.8 Å². The van der Waals surface area contributed by atoms with Gasteiger partial charge in [-0.1, -0.05) is 18.2 Å². The summed E-state index contributed by atoms with van der Waals surface area (Å²) in [4.78, 5) is 23.9. The van der Waals surface area contributed by atoms with E-state index in [1.165, 1.54) is 0 Å². The number of ether oxygens (including phenoxy) is 1. The van der Waals surface area contributed by atoms with Gasteiger partial charge < -0.3 is 20.7 Å². The van der Waals surface area contributed by atoms with Crippen molar-refractivity contribution in [3.8, 4) is 5.75 Å². The second kappa shape index (κ2) is 4.74. The smallest absolute Gasteiger partial charge is 0.262 e. The van der Waals surface area contributed by atoms with Crippen LogP contribution in [0.2, 0.25) is 0 Å². The largest absolute Gasteiger partial charge is 0.482 e. The van der Waals surface area contributed by atoms with Gasteiger partial charge in [-0.3, -0.25) is 9.59 Å². The third kappa shape index (κ3) is 2.19. The van der Waals surface area contributed by atoms with Gasteiger partial charge in [-0.15, -0.1) is 0 Å². The molecule has 4 rings (SSSR count). The number of amides is 2. The lowest BCUT2D eigenvalue weighted by Crippen LogP contribution is -2.52. The van der Waals surface area contributed by atoms with Gasteiger partial charge in [-0.2, -0.15) is 0 Å². The van der Waals surface area contributed by atoms with Gasteiger partial charge in [-0.25, -0.2) is 0 Å². The van der Waals surface area contributed by atoms with E-state index in [2.05, 4.69) is 16.0 Å². The molecule has 3 N–H and O–H groups in total. The average molecular weight is 309 g/mol. The van der Waals surface area contributed by atoms with Crippen molar-refractivity contribution in [2.45, 2.75) is 12.6 Å². The Bertz CT molecular complexity index is 834. The molecule has 0 aromatic heterocycles. The maximum atomic E-state index is 12.4. The second-order valence-electron chi connectivity index (χ2n) is 5.80. The topological polar surface area (TPSA) is 79.5 Å². The molecule has 2 aromatic rings. The Morgan fingerprint density at radius 3 is 2.74 bits per heavy atom. The van der Waals surface area contributed by atoms with Gasteiger partial charge in [0.1, 0.15) is 11.4 Å². The van der Waals surface area contributed by atoms with Gasteiger partial charge in [0, 0.05) is 5.69 Å². The Labute approximate surface area is 132 Å². The minimum absolute atomic E-state index is 0.0198. The van der Waals surface area contributed by atoms with Crippen molar-refractivity contribution in [3.63, 3.8) is 0 Å².